The van der Waals surface area contributed by atoms with Crippen molar-refractivity contribution in [1.82, 2.24) is 10.3 Å². The Kier molecular flexibility index (Phi) is 4.85. The second-order valence-corrected chi connectivity index (χ2v) is 7.39. The van der Waals surface area contributed by atoms with Crippen molar-refractivity contribution in [1.29, 1.82) is 0 Å². The van der Waals surface area contributed by atoms with E-state index in [0.717, 1.165) is 16.3 Å². The Bertz CT molecular complexity index is 745. The molecular weight excluding hydrogens is 312 g/mol. The standard InChI is InChI=1S/C17H20N2O3S/c1-10-5-11(7-12(6-10)16(21)22)15(20)18-8-14-19-13(9-23-14)17(2,3)4/h5-7,9H,8H2,1-4H3,(H,18,20)(H,21,22). The highest BCUT2D eigenvalue weighted by Crippen LogP contribution is 2.23. The molecule has 1 heterocycles. The van der Waals surface area contributed by atoms with Crippen molar-refractivity contribution in [3.63, 3.8) is 0 Å². The number of amides is 1. The number of benzene rings is 1. The predicted molar refractivity (Wildman–Crippen MR) is 90.1 cm³/mol. The van der Waals surface area contributed by atoms with Crippen molar-refractivity contribution in [3.05, 3.63) is 51.0 Å². The number of hydrogen-bond donors (Lipinski definition) is 2. The van der Waals surface area contributed by atoms with Crippen molar-refractivity contribution in [2.45, 2.75) is 39.7 Å². The van der Waals surface area contributed by atoms with Gasteiger partial charge in [-0.15, -0.1) is 11.3 Å². The lowest BCUT2D eigenvalue weighted by Crippen LogP contribution is -2.23. The van der Waals surface area contributed by atoms with Gasteiger partial charge in [-0.05, 0) is 30.7 Å². The minimum absolute atomic E-state index is 0.0221. The van der Waals surface area contributed by atoms with E-state index in [9.17, 15) is 9.59 Å². The number of aromatic nitrogens is 1. The largest absolute Gasteiger partial charge is 0.478 e. The van der Waals surface area contributed by atoms with Gasteiger partial charge in [-0.3, -0.25) is 4.79 Å². The van der Waals surface area contributed by atoms with Gasteiger partial charge in [0.15, 0.2) is 0 Å². The molecular formula is C17H20N2O3S. The fraction of sp³-hybridized carbons (Fsp3) is 0.353. The zero-order valence-electron chi connectivity index (χ0n) is 13.6. The summed E-state index contributed by atoms with van der Waals surface area (Å²) < 4.78 is 0. The molecule has 0 spiro atoms. The van der Waals surface area contributed by atoms with E-state index >= 15 is 0 Å². The number of aryl methyl sites for hydroxylation is 1. The lowest BCUT2D eigenvalue weighted by Gasteiger charge is -2.14. The Morgan fingerprint density at radius 3 is 2.43 bits per heavy atom. The number of rotatable bonds is 4. The second-order valence-electron chi connectivity index (χ2n) is 6.45. The number of thiazole rings is 1. The molecule has 0 atom stereocenters. The van der Waals surface area contributed by atoms with Gasteiger partial charge in [0.05, 0.1) is 17.8 Å². The van der Waals surface area contributed by atoms with Crippen LogP contribution in [0.3, 0.4) is 0 Å². The number of hydrogen-bond acceptors (Lipinski definition) is 4. The van der Waals surface area contributed by atoms with Gasteiger partial charge in [-0.1, -0.05) is 20.8 Å². The van der Waals surface area contributed by atoms with Crippen LogP contribution >= 0.6 is 11.3 Å². The van der Waals surface area contributed by atoms with Crippen LogP contribution in [-0.4, -0.2) is 22.0 Å². The summed E-state index contributed by atoms with van der Waals surface area (Å²) in [7, 11) is 0. The molecule has 1 amide bonds. The first-order chi connectivity index (χ1) is 10.7. The lowest BCUT2D eigenvalue weighted by molar-refractivity contribution is 0.0696. The van der Waals surface area contributed by atoms with Crippen LogP contribution in [0.4, 0.5) is 0 Å². The number of carbonyl (C=O) groups is 2. The molecule has 5 nitrogen and oxygen atoms in total. The maximum atomic E-state index is 12.2. The third-order valence-electron chi connectivity index (χ3n) is 3.31. The first kappa shape index (κ1) is 17.1. The van der Waals surface area contributed by atoms with Gasteiger partial charge in [0.25, 0.3) is 5.91 Å². The summed E-state index contributed by atoms with van der Waals surface area (Å²) in [6.07, 6.45) is 0. The smallest absolute Gasteiger partial charge is 0.335 e. The minimum atomic E-state index is -1.04. The van der Waals surface area contributed by atoms with E-state index in [4.69, 9.17) is 5.11 Å². The van der Waals surface area contributed by atoms with E-state index in [1.807, 2.05) is 5.38 Å². The molecule has 1 aromatic heterocycles. The number of carbonyl (C=O) groups excluding carboxylic acids is 1. The number of aromatic carboxylic acids is 1. The van der Waals surface area contributed by atoms with Crippen molar-refractivity contribution in [2.24, 2.45) is 0 Å². The lowest BCUT2D eigenvalue weighted by atomic mass is 9.93. The molecule has 23 heavy (non-hydrogen) atoms. The predicted octanol–water partition coefficient (Wildman–Crippen LogP) is 3.38. The molecule has 0 aliphatic heterocycles. The van der Waals surface area contributed by atoms with E-state index in [1.165, 1.54) is 23.5 Å². The highest BCUT2D eigenvalue weighted by Gasteiger charge is 2.18. The number of nitrogens with zero attached hydrogens (tertiary/aromatic N) is 1. The molecule has 2 N–H and O–H groups in total. The van der Waals surface area contributed by atoms with Crippen LogP contribution in [-0.2, 0) is 12.0 Å². The Morgan fingerprint density at radius 2 is 1.87 bits per heavy atom. The quantitative estimate of drug-likeness (QED) is 0.899. The van der Waals surface area contributed by atoms with Gasteiger partial charge in [0.2, 0.25) is 0 Å². The monoisotopic (exact) mass is 332 g/mol. The molecule has 2 aromatic rings. The molecule has 1 aromatic carbocycles. The van der Waals surface area contributed by atoms with Gasteiger partial charge in [-0.2, -0.15) is 0 Å². The van der Waals surface area contributed by atoms with Gasteiger partial charge < -0.3 is 10.4 Å². The third kappa shape index (κ3) is 4.39. The maximum Gasteiger partial charge on any atom is 0.335 e. The Hall–Kier alpha value is -2.21. The van der Waals surface area contributed by atoms with Crippen LogP contribution in [0.25, 0.3) is 0 Å². The van der Waals surface area contributed by atoms with E-state index < -0.39 is 5.97 Å². The Morgan fingerprint density at radius 1 is 1.22 bits per heavy atom. The van der Waals surface area contributed by atoms with Gasteiger partial charge in [0.1, 0.15) is 5.01 Å². The molecule has 2 rings (SSSR count). The Balaban J connectivity index is 2.08. The molecule has 0 saturated carbocycles. The third-order valence-corrected chi connectivity index (χ3v) is 4.16. The molecule has 6 heteroatoms. The van der Waals surface area contributed by atoms with E-state index in [2.05, 4.69) is 31.1 Å². The Labute approximate surface area is 139 Å². The molecule has 0 bridgehead atoms. The van der Waals surface area contributed by atoms with Crippen LogP contribution in [0.5, 0.6) is 0 Å². The fourth-order valence-corrected chi connectivity index (χ4v) is 2.99. The van der Waals surface area contributed by atoms with Gasteiger partial charge in [0, 0.05) is 16.4 Å². The molecule has 0 fully saturated rings. The molecule has 0 aliphatic rings. The first-order valence-corrected chi connectivity index (χ1v) is 8.13. The SMILES string of the molecule is Cc1cc(C(=O)O)cc(C(=O)NCc2nc(C(C)(C)C)cs2)c1. The van der Waals surface area contributed by atoms with Crippen LogP contribution in [0, 0.1) is 6.92 Å². The van der Waals surface area contributed by atoms with Crippen molar-refractivity contribution in [3.8, 4) is 0 Å². The summed E-state index contributed by atoms with van der Waals surface area (Å²) in [6, 6.07) is 4.59. The zero-order chi connectivity index (χ0) is 17.2. The average Bonchev–Trinajstić information content (AvgIpc) is 2.93. The van der Waals surface area contributed by atoms with Crippen molar-refractivity contribution >= 4 is 23.2 Å². The summed E-state index contributed by atoms with van der Waals surface area (Å²) >= 11 is 1.50. The summed E-state index contributed by atoms with van der Waals surface area (Å²) in [5.74, 6) is -1.35. The molecule has 0 radical (unpaired) electrons. The highest BCUT2D eigenvalue weighted by atomic mass is 32.1. The summed E-state index contributed by atoms with van der Waals surface area (Å²) in [5, 5.41) is 14.7. The van der Waals surface area contributed by atoms with E-state index in [-0.39, 0.29) is 16.9 Å². The van der Waals surface area contributed by atoms with Crippen LogP contribution in [0.15, 0.2) is 23.6 Å². The summed E-state index contributed by atoms with van der Waals surface area (Å²) in [4.78, 5) is 27.8. The number of nitrogens with one attached hydrogen (secondary N) is 1. The normalized spacial score (nSPS) is 11.3. The first-order valence-electron chi connectivity index (χ1n) is 7.25. The van der Waals surface area contributed by atoms with Crippen LogP contribution in [0.1, 0.15) is 57.8 Å². The van der Waals surface area contributed by atoms with Crippen molar-refractivity contribution < 1.29 is 14.7 Å². The minimum Gasteiger partial charge on any atom is -0.478 e. The summed E-state index contributed by atoms with van der Waals surface area (Å²) in [5.41, 5.74) is 2.16. The molecule has 0 unspecified atom stereocenters. The van der Waals surface area contributed by atoms with Gasteiger partial charge >= 0.3 is 5.97 Å². The van der Waals surface area contributed by atoms with Crippen molar-refractivity contribution in [2.75, 3.05) is 0 Å². The zero-order valence-corrected chi connectivity index (χ0v) is 14.5. The van der Waals surface area contributed by atoms with Crippen LogP contribution in [0.2, 0.25) is 0 Å². The number of carboxylic acid groups (broad SMARTS) is 1. The van der Waals surface area contributed by atoms with E-state index in [0.29, 0.717) is 12.1 Å². The molecule has 122 valence electrons. The number of carboxylic acids is 1. The fourth-order valence-electron chi connectivity index (χ4n) is 2.03. The second kappa shape index (κ2) is 6.50. The van der Waals surface area contributed by atoms with E-state index in [1.54, 1.807) is 13.0 Å². The molecule has 0 saturated heterocycles. The van der Waals surface area contributed by atoms with Gasteiger partial charge in [-0.25, -0.2) is 9.78 Å². The highest BCUT2D eigenvalue weighted by molar-refractivity contribution is 7.09. The van der Waals surface area contributed by atoms with Crippen LogP contribution < -0.4 is 5.32 Å². The maximum absolute atomic E-state index is 12.2. The molecule has 0 aliphatic carbocycles. The summed E-state index contributed by atoms with van der Waals surface area (Å²) in [6.45, 7) is 8.36. The topological polar surface area (TPSA) is 79.3 Å². The average molecular weight is 332 g/mol.